The molecule has 0 aliphatic heterocycles. The Morgan fingerprint density at radius 1 is 1.24 bits per heavy atom. The first-order valence-electron chi connectivity index (χ1n) is 8.79. The molecule has 6 heteroatoms. The third kappa shape index (κ3) is 5.42. The Kier molecular flexibility index (Phi) is 7.68. The highest BCUT2D eigenvalue weighted by Gasteiger charge is 2.15. The van der Waals surface area contributed by atoms with E-state index in [9.17, 15) is 0 Å². The monoisotopic (exact) mass is 362 g/mol. The predicted octanol–water partition coefficient (Wildman–Crippen LogP) is 3.39. The van der Waals surface area contributed by atoms with Crippen LogP contribution >= 0.6 is 11.3 Å². The van der Waals surface area contributed by atoms with Gasteiger partial charge in [-0.25, -0.2) is 4.98 Å². The van der Waals surface area contributed by atoms with E-state index < -0.39 is 0 Å². The molecule has 0 spiro atoms. The van der Waals surface area contributed by atoms with Gasteiger partial charge in [0.25, 0.3) is 0 Å². The van der Waals surface area contributed by atoms with Crippen molar-refractivity contribution in [3.63, 3.8) is 0 Å². The first-order valence-corrected chi connectivity index (χ1v) is 9.61. The Labute approximate surface area is 155 Å². The van der Waals surface area contributed by atoms with E-state index in [0.717, 1.165) is 37.1 Å². The maximum atomic E-state index is 5.35. The van der Waals surface area contributed by atoms with Gasteiger partial charge in [0.05, 0.1) is 7.11 Å². The molecule has 0 fully saturated rings. The van der Waals surface area contributed by atoms with E-state index in [4.69, 9.17) is 4.74 Å². The molecular weight excluding hydrogens is 332 g/mol. The summed E-state index contributed by atoms with van der Waals surface area (Å²) < 4.78 is 5.35. The molecule has 0 bridgehead atoms. The molecule has 0 radical (unpaired) electrons. The number of thiazole rings is 1. The zero-order chi connectivity index (χ0) is 18.2. The zero-order valence-corrected chi connectivity index (χ0v) is 16.8. The molecule has 1 atom stereocenters. The lowest BCUT2D eigenvalue weighted by atomic mass is 10.1. The Morgan fingerprint density at radius 3 is 2.64 bits per heavy atom. The van der Waals surface area contributed by atoms with Crippen LogP contribution in [0.25, 0.3) is 0 Å². The number of anilines is 1. The number of hydrogen-bond acceptors (Lipinski definition) is 6. The third-order valence-corrected chi connectivity index (χ3v) is 5.37. The first-order chi connectivity index (χ1) is 12.1. The third-order valence-electron chi connectivity index (χ3n) is 4.31. The van der Waals surface area contributed by atoms with Crippen molar-refractivity contribution < 1.29 is 4.74 Å². The summed E-state index contributed by atoms with van der Waals surface area (Å²) in [5.41, 5.74) is 1.25. The molecule has 2 rings (SSSR count). The molecule has 2 aromatic rings. The molecule has 1 N–H and O–H groups in total. The van der Waals surface area contributed by atoms with E-state index in [2.05, 4.69) is 60.2 Å². The number of ether oxygens (including phenoxy) is 1. The van der Waals surface area contributed by atoms with Crippen LogP contribution in [0.2, 0.25) is 0 Å². The van der Waals surface area contributed by atoms with Gasteiger partial charge in [0.2, 0.25) is 0 Å². The van der Waals surface area contributed by atoms with Gasteiger partial charge in [-0.15, -0.1) is 11.3 Å². The fourth-order valence-electron chi connectivity index (χ4n) is 2.80. The topological polar surface area (TPSA) is 40.6 Å². The Hall–Kier alpha value is -1.63. The van der Waals surface area contributed by atoms with Gasteiger partial charge in [-0.1, -0.05) is 12.1 Å². The van der Waals surface area contributed by atoms with E-state index in [1.807, 2.05) is 18.3 Å². The molecule has 0 aliphatic carbocycles. The average molecular weight is 363 g/mol. The van der Waals surface area contributed by atoms with E-state index in [-0.39, 0.29) is 0 Å². The molecule has 25 heavy (non-hydrogen) atoms. The second-order valence-electron chi connectivity index (χ2n) is 6.17. The van der Waals surface area contributed by atoms with Crippen LogP contribution in [0.3, 0.4) is 0 Å². The summed E-state index contributed by atoms with van der Waals surface area (Å²) in [5.74, 6) is 0.899. The van der Waals surface area contributed by atoms with Crippen molar-refractivity contribution in [2.45, 2.75) is 26.4 Å². The number of methoxy groups -OCH3 is 1. The molecular formula is C19H30N4OS. The normalized spacial score (nSPS) is 12.4. The molecule has 138 valence electrons. The van der Waals surface area contributed by atoms with Crippen LogP contribution < -0.4 is 15.0 Å². The Bertz CT molecular complexity index is 640. The quantitative estimate of drug-likeness (QED) is 0.702. The van der Waals surface area contributed by atoms with Crippen LogP contribution in [0.15, 0.2) is 30.5 Å². The van der Waals surface area contributed by atoms with Crippen molar-refractivity contribution >= 4 is 16.5 Å². The number of nitrogens with one attached hydrogen (secondary N) is 1. The fourth-order valence-corrected chi connectivity index (χ4v) is 3.81. The number of rotatable bonds is 10. The van der Waals surface area contributed by atoms with Gasteiger partial charge < -0.3 is 19.9 Å². The predicted molar refractivity (Wildman–Crippen MR) is 107 cm³/mol. The van der Waals surface area contributed by atoms with Crippen molar-refractivity contribution in [2.75, 3.05) is 45.7 Å². The van der Waals surface area contributed by atoms with Crippen LogP contribution in [0.4, 0.5) is 5.13 Å². The lowest BCUT2D eigenvalue weighted by molar-refractivity contribution is 0.287. The molecule has 0 saturated heterocycles. The van der Waals surface area contributed by atoms with E-state index in [1.165, 1.54) is 10.4 Å². The summed E-state index contributed by atoms with van der Waals surface area (Å²) in [5, 5.41) is 4.69. The number of benzene rings is 1. The van der Waals surface area contributed by atoms with Crippen molar-refractivity contribution in [2.24, 2.45) is 0 Å². The molecule has 0 saturated carbocycles. The minimum atomic E-state index is 0.297. The van der Waals surface area contributed by atoms with Gasteiger partial charge in [-0.05, 0) is 45.6 Å². The number of likely N-dealkylation sites (N-methyl/N-ethyl adjacent to an activating group) is 1. The SMILES string of the molecule is CCN(CC)c1ncc(CNCC(c2cccc(OC)c2)N(C)C)s1. The lowest BCUT2D eigenvalue weighted by Gasteiger charge is -2.25. The summed E-state index contributed by atoms with van der Waals surface area (Å²) in [6, 6.07) is 8.59. The number of aromatic nitrogens is 1. The maximum absolute atomic E-state index is 5.35. The molecule has 0 aliphatic rings. The minimum absolute atomic E-state index is 0.297. The zero-order valence-electron chi connectivity index (χ0n) is 16.0. The highest BCUT2D eigenvalue weighted by Crippen LogP contribution is 2.24. The molecule has 5 nitrogen and oxygen atoms in total. The molecule has 1 aromatic heterocycles. The smallest absolute Gasteiger partial charge is 0.185 e. The van der Waals surface area contributed by atoms with Gasteiger partial charge in [0.1, 0.15) is 5.75 Å². The van der Waals surface area contributed by atoms with Gasteiger partial charge in [0.15, 0.2) is 5.13 Å². The van der Waals surface area contributed by atoms with Crippen molar-refractivity contribution in [1.82, 2.24) is 15.2 Å². The number of nitrogens with zero attached hydrogens (tertiary/aromatic N) is 3. The average Bonchev–Trinajstić information content (AvgIpc) is 3.08. The summed E-state index contributed by atoms with van der Waals surface area (Å²) >= 11 is 1.77. The fraction of sp³-hybridized carbons (Fsp3) is 0.526. The summed E-state index contributed by atoms with van der Waals surface area (Å²) in [4.78, 5) is 10.3. The van der Waals surface area contributed by atoms with Gasteiger partial charge in [0, 0.05) is 43.3 Å². The van der Waals surface area contributed by atoms with Crippen molar-refractivity contribution in [3.8, 4) is 5.75 Å². The maximum Gasteiger partial charge on any atom is 0.185 e. The van der Waals surface area contributed by atoms with Gasteiger partial charge in [-0.2, -0.15) is 0 Å². The second-order valence-corrected chi connectivity index (χ2v) is 7.26. The summed E-state index contributed by atoms with van der Waals surface area (Å²) in [7, 11) is 5.92. The number of hydrogen-bond donors (Lipinski definition) is 1. The lowest BCUT2D eigenvalue weighted by Crippen LogP contribution is -2.30. The van der Waals surface area contributed by atoms with Gasteiger partial charge >= 0.3 is 0 Å². The van der Waals surface area contributed by atoms with Crippen molar-refractivity contribution in [3.05, 3.63) is 40.9 Å². The minimum Gasteiger partial charge on any atom is -0.497 e. The van der Waals surface area contributed by atoms with E-state index in [1.54, 1.807) is 18.4 Å². The first kappa shape index (κ1) is 19.7. The van der Waals surface area contributed by atoms with E-state index in [0.29, 0.717) is 6.04 Å². The van der Waals surface area contributed by atoms with Crippen LogP contribution in [0.5, 0.6) is 5.75 Å². The van der Waals surface area contributed by atoms with Crippen LogP contribution in [-0.4, -0.2) is 50.7 Å². The Balaban J connectivity index is 1.95. The van der Waals surface area contributed by atoms with Crippen LogP contribution in [-0.2, 0) is 6.54 Å². The summed E-state index contributed by atoms with van der Waals surface area (Å²) in [6.45, 7) is 8.04. The molecule has 1 heterocycles. The molecule has 0 amide bonds. The summed E-state index contributed by atoms with van der Waals surface area (Å²) in [6.07, 6.45) is 1.99. The van der Waals surface area contributed by atoms with Gasteiger partial charge in [-0.3, -0.25) is 0 Å². The highest BCUT2D eigenvalue weighted by atomic mass is 32.1. The van der Waals surface area contributed by atoms with Crippen LogP contribution in [0, 0.1) is 0 Å². The standard InChI is InChI=1S/C19H30N4OS/c1-6-23(7-2)19-21-13-17(25-19)12-20-14-18(22(3)4)15-9-8-10-16(11-15)24-5/h8-11,13,18,20H,6-7,12,14H2,1-5H3. The second kappa shape index (κ2) is 9.75. The molecule has 1 unspecified atom stereocenters. The molecule has 1 aromatic carbocycles. The largest absolute Gasteiger partial charge is 0.497 e. The van der Waals surface area contributed by atoms with Crippen LogP contribution in [0.1, 0.15) is 30.3 Å². The highest BCUT2D eigenvalue weighted by molar-refractivity contribution is 7.15. The Morgan fingerprint density at radius 2 is 2.00 bits per heavy atom. The van der Waals surface area contributed by atoms with E-state index >= 15 is 0 Å². The van der Waals surface area contributed by atoms with Crippen molar-refractivity contribution in [1.29, 1.82) is 0 Å².